The van der Waals surface area contributed by atoms with Crippen LogP contribution in [0, 0.1) is 28.1 Å². The molecule has 7 nitrogen and oxygen atoms in total. The Morgan fingerprint density at radius 2 is 1.79 bits per heavy atom. The largest absolute Gasteiger partial charge is 0.493 e. The Labute approximate surface area is 227 Å². The van der Waals surface area contributed by atoms with E-state index in [1.807, 2.05) is 17.0 Å². The number of fused-ring (bicyclic) bond motifs is 1. The summed E-state index contributed by atoms with van der Waals surface area (Å²) in [6.45, 7) is 4.15. The fourth-order valence-corrected chi connectivity index (χ4v) is 7.49. The smallest absolute Gasteiger partial charge is 0.162 e. The molecule has 0 bridgehead atoms. The van der Waals surface area contributed by atoms with Gasteiger partial charge < -0.3 is 15.2 Å². The minimum Gasteiger partial charge on any atom is -0.493 e. The summed E-state index contributed by atoms with van der Waals surface area (Å²) in [5, 5.41) is 21.4. The fourth-order valence-electron chi connectivity index (χ4n) is 6.11. The second-order valence-electron chi connectivity index (χ2n) is 11.0. The number of carbonyl (C=O) groups is 1. The molecule has 0 spiro atoms. The first kappa shape index (κ1) is 25.9. The van der Waals surface area contributed by atoms with Gasteiger partial charge in [-0.05, 0) is 60.8 Å². The van der Waals surface area contributed by atoms with E-state index in [0.717, 1.165) is 53.9 Å². The van der Waals surface area contributed by atoms with E-state index >= 15 is 0 Å². The number of nitrogens with zero attached hydrogens (tertiary/aromatic N) is 3. The summed E-state index contributed by atoms with van der Waals surface area (Å²) in [5.74, 6) is 0.733. The molecule has 2 aromatic rings. The number of carbonyl (C=O) groups excluding carboxylic acids is 1. The van der Waals surface area contributed by atoms with Crippen LogP contribution in [0.2, 0.25) is 0 Å². The molecule has 0 radical (unpaired) electrons. The Morgan fingerprint density at radius 1 is 1.05 bits per heavy atom. The van der Waals surface area contributed by atoms with Gasteiger partial charge in [0.25, 0.3) is 0 Å². The summed E-state index contributed by atoms with van der Waals surface area (Å²) in [6, 6.07) is 10.2. The van der Waals surface area contributed by atoms with Crippen LogP contribution in [0.25, 0.3) is 0 Å². The lowest BCUT2D eigenvalue weighted by Gasteiger charge is -2.43. The fraction of sp³-hybridized carbons (Fsp3) is 0.433. The summed E-state index contributed by atoms with van der Waals surface area (Å²) >= 11 is 1.59. The van der Waals surface area contributed by atoms with Gasteiger partial charge >= 0.3 is 0 Å². The molecule has 1 aromatic heterocycles. The SMILES string of the molecule is COc1ccc([C@@H]2C(C#N)=C(N)N(c3sc4c(c3C#N)CCCCC4)C3=C2C(=O)CC(C)(C)C3)cc1OC. The van der Waals surface area contributed by atoms with Crippen molar-refractivity contribution in [3.63, 3.8) is 0 Å². The summed E-state index contributed by atoms with van der Waals surface area (Å²) in [5.41, 5.74) is 10.7. The molecule has 0 amide bonds. The van der Waals surface area contributed by atoms with E-state index < -0.39 is 5.92 Å². The van der Waals surface area contributed by atoms with Gasteiger partial charge in [-0.15, -0.1) is 11.3 Å². The zero-order chi connectivity index (χ0) is 27.2. The number of anilines is 1. The minimum atomic E-state index is -0.627. The number of ether oxygens (including phenoxy) is 2. The number of nitriles is 2. The lowest BCUT2D eigenvalue weighted by atomic mass is 9.68. The molecule has 5 rings (SSSR count). The number of aryl methyl sites for hydroxylation is 1. The second-order valence-corrected chi connectivity index (χ2v) is 12.0. The lowest BCUT2D eigenvalue weighted by Crippen LogP contribution is -2.42. The Kier molecular flexibility index (Phi) is 6.71. The maximum Gasteiger partial charge on any atom is 0.162 e. The number of hydrogen-bond donors (Lipinski definition) is 1. The Bertz CT molecular complexity index is 1470. The molecule has 1 atom stereocenters. The topological polar surface area (TPSA) is 112 Å². The number of thiophene rings is 1. The number of ketones is 1. The number of nitrogens with two attached hydrogens (primary N) is 1. The van der Waals surface area contributed by atoms with Gasteiger partial charge in [-0.3, -0.25) is 9.69 Å². The first-order valence-corrected chi connectivity index (χ1v) is 13.8. The molecule has 2 aliphatic carbocycles. The van der Waals surface area contributed by atoms with Crippen molar-refractivity contribution < 1.29 is 14.3 Å². The maximum atomic E-state index is 13.9. The number of Topliss-reactive ketones (excluding diaryl/α,β-unsaturated/α-hetero) is 1. The molecular formula is C30H32N4O3S. The van der Waals surface area contributed by atoms with E-state index in [1.54, 1.807) is 31.6 Å². The molecule has 196 valence electrons. The highest BCUT2D eigenvalue weighted by Crippen LogP contribution is 2.53. The van der Waals surface area contributed by atoms with Crippen molar-refractivity contribution in [2.45, 2.75) is 64.7 Å². The monoisotopic (exact) mass is 528 g/mol. The highest BCUT2D eigenvalue weighted by atomic mass is 32.1. The molecular weight excluding hydrogens is 496 g/mol. The summed E-state index contributed by atoms with van der Waals surface area (Å²) in [6.07, 6.45) is 6.06. The predicted octanol–water partition coefficient (Wildman–Crippen LogP) is 5.85. The third kappa shape index (κ3) is 4.14. The van der Waals surface area contributed by atoms with Crippen molar-refractivity contribution in [1.29, 1.82) is 10.5 Å². The molecule has 0 saturated carbocycles. The van der Waals surface area contributed by atoms with Crippen LogP contribution in [0.4, 0.5) is 5.00 Å². The normalized spacial score (nSPS) is 20.7. The quantitative estimate of drug-likeness (QED) is 0.496. The second kappa shape index (κ2) is 9.85. The van der Waals surface area contributed by atoms with Gasteiger partial charge in [0.2, 0.25) is 0 Å². The Morgan fingerprint density at radius 3 is 2.47 bits per heavy atom. The van der Waals surface area contributed by atoms with Crippen LogP contribution in [0.1, 0.15) is 73.4 Å². The van der Waals surface area contributed by atoms with Crippen LogP contribution in [0.3, 0.4) is 0 Å². The van der Waals surface area contributed by atoms with Gasteiger partial charge in [0.05, 0.1) is 37.3 Å². The summed E-state index contributed by atoms with van der Waals surface area (Å²) in [4.78, 5) is 16.9. The van der Waals surface area contributed by atoms with Gasteiger partial charge in [0.15, 0.2) is 17.3 Å². The molecule has 3 aliphatic rings. The maximum absolute atomic E-state index is 13.9. The third-order valence-electron chi connectivity index (χ3n) is 7.84. The number of rotatable bonds is 4. The average molecular weight is 529 g/mol. The van der Waals surface area contributed by atoms with Gasteiger partial charge in [-0.25, -0.2) is 0 Å². The first-order valence-electron chi connectivity index (χ1n) is 13.0. The van der Waals surface area contributed by atoms with Crippen molar-refractivity contribution in [3.05, 3.63) is 62.4 Å². The van der Waals surface area contributed by atoms with E-state index in [0.29, 0.717) is 41.1 Å². The molecule has 0 saturated heterocycles. The van der Waals surface area contributed by atoms with E-state index in [4.69, 9.17) is 15.2 Å². The zero-order valence-corrected chi connectivity index (χ0v) is 23.1. The molecule has 8 heteroatoms. The van der Waals surface area contributed by atoms with Gasteiger partial charge in [-0.2, -0.15) is 10.5 Å². The van der Waals surface area contributed by atoms with Crippen LogP contribution in [-0.2, 0) is 17.6 Å². The third-order valence-corrected chi connectivity index (χ3v) is 9.12. The number of benzene rings is 1. The van der Waals surface area contributed by atoms with Crippen molar-refractivity contribution in [1.82, 2.24) is 0 Å². The van der Waals surface area contributed by atoms with Crippen LogP contribution in [0.5, 0.6) is 11.5 Å². The van der Waals surface area contributed by atoms with Gasteiger partial charge in [-0.1, -0.05) is 26.3 Å². The standard InChI is InChI=1S/C30H32N4O3S/c1-30(2)13-21-27(22(35)14-30)26(17-10-11-23(36-3)24(12-17)37-4)20(16-32)28(33)34(21)29-19(15-31)18-8-6-5-7-9-25(18)38-29/h10-12,26H,5-9,13-14,33H2,1-4H3/t26-/m1/s1. The first-order chi connectivity index (χ1) is 18.2. The van der Waals surface area contributed by atoms with E-state index in [2.05, 4.69) is 26.0 Å². The minimum absolute atomic E-state index is 0.00193. The lowest BCUT2D eigenvalue weighted by molar-refractivity contribution is -0.118. The van der Waals surface area contributed by atoms with Crippen molar-refractivity contribution in [2.24, 2.45) is 11.1 Å². The van der Waals surface area contributed by atoms with Crippen molar-refractivity contribution in [3.8, 4) is 23.6 Å². The van der Waals surface area contributed by atoms with Crippen LogP contribution < -0.4 is 20.1 Å². The summed E-state index contributed by atoms with van der Waals surface area (Å²) in [7, 11) is 3.13. The van der Waals surface area contributed by atoms with E-state index in [1.165, 1.54) is 4.88 Å². The summed E-state index contributed by atoms with van der Waals surface area (Å²) < 4.78 is 10.9. The van der Waals surface area contributed by atoms with E-state index in [-0.39, 0.29) is 17.0 Å². The van der Waals surface area contributed by atoms with Crippen LogP contribution in [-0.4, -0.2) is 20.0 Å². The van der Waals surface area contributed by atoms with Gasteiger partial charge in [0, 0.05) is 22.6 Å². The van der Waals surface area contributed by atoms with Crippen molar-refractivity contribution >= 4 is 22.1 Å². The Hall–Kier alpha value is -3.75. The highest BCUT2D eigenvalue weighted by Gasteiger charge is 2.46. The van der Waals surface area contributed by atoms with E-state index in [9.17, 15) is 15.3 Å². The van der Waals surface area contributed by atoms with Gasteiger partial charge in [0.1, 0.15) is 16.9 Å². The van der Waals surface area contributed by atoms with Crippen molar-refractivity contribution in [2.75, 3.05) is 19.1 Å². The number of allylic oxidation sites excluding steroid dienone is 3. The highest BCUT2D eigenvalue weighted by molar-refractivity contribution is 7.16. The molecule has 1 aromatic carbocycles. The molecule has 0 unspecified atom stereocenters. The zero-order valence-electron chi connectivity index (χ0n) is 22.3. The molecule has 0 fully saturated rings. The predicted molar refractivity (Wildman–Crippen MR) is 147 cm³/mol. The molecule has 38 heavy (non-hydrogen) atoms. The number of methoxy groups -OCH3 is 2. The molecule has 2 N–H and O–H groups in total. The Balaban J connectivity index is 1.77. The average Bonchev–Trinajstić information content (AvgIpc) is 3.06. The molecule has 1 aliphatic heterocycles. The van der Waals surface area contributed by atoms with Crippen LogP contribution in [0.15, 0.2) is 40.9 Å². The van der Waals surface area contributed by atoms with Crippen LogP contribution >= 0.6 is 11.3 Å². The molecule has 2 heterocycles. The number of hydrogen-bond acceptors (Lipinski definition) is 8.